The summed E-state index contributed by atoms with van der Waals surface area (Å²) in [7, 11) is 0. The lowest BCUT2D eigenvalue weighted by molar-refractivity contribution is 0.611. The first-order chi connectivity index (χ1) is 16.2. The molecule has 4 rings (SSSR count). The molecule has 2 heterocycles. The largest absolute Gasteiger partial charge is 0.261 e. The molecule has 0 unspecified atom stereocenters. The lowest BCUT2D eigenvalue weighted by Gasteiger charge is -2.16. The topological polar surface area (TPSA) is 25.8 Å². The average Bonchev–Trinajstić information content (AvgIpc) is 3.05. The monoisotopic (exact) mass is 452 g/mol. The van der Waals surface area contributed by atoms with Crippen molar-refractivity contribution < 1.29 is 8.78 Å². The smallest absolute Gasteiger partial charge is 0.145 e. The molecule has 2 aliphatic carbocycles. The van der Waals surface area contributed by atoms with Crippen molar-refractivity contribution in [3.8, 4) is 0 Å². The molecule has 0 saturated heterocycles. The van der Waals surface area contributed by atoms with Crippen molar-refractivity contribution in [2.45, 2.75) is 27.2 Å². The maximum absolute atomic E-state index is 14.2. The van der Waals surface area contributed by atoms with Gasteiger partial charge in [0.15, 0.2) is 0 Å². The van der Waals surface area contributed by atoms with Crippen LogP contribution in [0.3, 0.4) is 0 Å². The fourth-order valence-corrected chi connectivity index (χ4v) is 4.00. The molecule has 4 heteroatoms. The minimum absolute atomic E-state index is 0.329. The molecule has 34 heavy (non-hydrogen) atoms. The van der Waals surface area contributed by atoms with E-state index in [0.717, 1.165) is 50.1 Å². The van der Waals surface area contributed by atoms with E-state index < -0.39 is 0 Å². The van der Waals surface area contributed by atoms with Gasteiger partial charge in [0, 0.05) is 17.3 Å². The van der Waals surface area contributed by atoms with E-state index in [2.05, 4.69) is 29.2 Å². The van der Waals surface area contributed by atoms with Gasteiger partial charge in [-0.2, -0.15) is 0 Å². The maximum atomic E-state index is 14.2. The van der Waals surface area contributed by atoms with Crippen LogP contribution in [0.1, 0.15) is 37.1 Å². The molecular formula is C30H26F2N2. The number of nitrogens with zero attached hydrogens (tertiary/aromatic N) is 2. The van der Waals surface area contributed by atoms with Gasteiger partial charge in [-0.25, -0.2) is 8.78 Å². The Labute approximate surface area is 199 Å². The van der Waals surface area contributed by atoms with Gasteiger partial charge in [0.2, 0.25) is 0 Å². The lowest BCUT2D eigenvalue weighted by atomic mass is 9.89. The molecule has 0 atom stereocenters. The lowest BCUT2D eigenvalue weighted by Crippen LogP contribution is -1.98. The first-order valence-corrected chi connectivity index (χ1v) is 11.0. The average molecular weight is 453 g/mol. The van der Waals surface area contributed by atoms with E-state index in [4.69, 9.17) is 0 Å². The summed E-state index contributed by atoms with van der Waals surface area (Å²) < 4.78 is 27.5. The van der Waals surface area contributed by atoms with E-state index in [1.54, 1.807) is 19.2 Å². The number of allylic oxidation sites excluding steroid dienone is 14. The zero-order valence-corrected chi connectivity index (χ0v) is 19.6. The molecular weight excluding hydrogens is 426 g/mol. The highest BCUT2D eigenvalue weighted by atomic mass is 19.1. The van der Waals surface area contributed by atoms with Crippen LogP contribution in [0.2, 0.25) is 0 Å². The van der Waals surface area contributed by atoms with Gasteiger partial charge >= 0.3 is 0 Å². The Morgan fingerprint density at radius 3 is 2.24 bits per heavy atom. The third kappa shape index (κ3) is 4.72. The van der Waals surface area contributed by atoms with Crippen LogP contribution in [0.5, 0.6) is 0 Å². The van der Waals surface area contributed by atoms with Crippen LogP contribution in [0.25, 0.3) is 11.1 Å². The summed E-state index contributed by atoms with van der Waals surface area (Å²) in [6.07, 6.45) is 16.8. The molecule has 0 fully saturated rings. The summed E-state index contributed by atoms with van der Waals surface area (Å²) in [4.78, 5) is 8.26. The molecule has 0 radical (unpaired) electrons. The van der Waals surface area contributed by atoms with Crippen molar-refractivity contribution >= 4 is 11.1 Å². The van der Waals surface area contributed by atoms with E-state index >= 15 is 0 Å². The fraction of sp³-hybridized carbons (Fsp3) is 0.133. The number of rotatable bonds is 4. The molecule has 0 spiro atoms. The zero-order valence-electron chi connectivity index (χ0n) is 19.6. The second kappa shape index (κ2) is 9.52. The maximum Gasteiger partial charge on any atom is 0.145 e. The van der Waals surface area contributed by atoms with E-state index in [0.29, 0.717) is 17.7 Å². The first kappa shape index (κ1) is 23.2. The van der Waals surface area contributed by atoms with Gasteiger partial charge in [-0.05, 0) is 90.0 Å². The van der Waals surface area contributed by atoms with Crippen LogP contribution in [-0.4, -0.2) is 9.97 Å². The third-order valence-electron chi connectivity index (χ3n) is 6.27. The van der Waals surface area contributed by atoms with E-state index in [1.165, 1.54) is 18.5 Å². The molecule has 170 valence electrons. The number of hydrogen-bond acceptors (Lipinski definition) is 2. The van der Waals surface area contributed by atoms with Gasteiger partial charge in [0.05, 0.1) is 18.1 Å². The van der Waals surface area contributed by atoms with Gasteiger partial charge in [0.25, 0.3) is 0 Å². The highest BCUT2D eigenvalue weighted by molar-refractivity contribution is 5.81. The Hall–Kier alpha value is -3.92. The van der Waals surface area contributed by atoms with Gasteiger partial charge in [-0.15, -0.1) is 0 Å². The molecule has 2 aliphatic rings. The molecule has 0 N–H and O–H groups in total. The molecule has 0 bridgehead atoms. The Kier molecular flexibility index (Phi) is 6.51. The number of aromatic nitrogens is 2. The summed E-state index contributed by atoms with van der Waals surface area (Å²) >= 11 is 0. The Balaban J connectivity index is 1.73. The van der Waals surface area contributed by atoms with E-state index in [-0.39, 0.29) is 11.6 Å². The Bertz CT molecular complexity index is 1380. The fourth-order valence-electron chi connectivity index (χ4n) is 4.00. The first-order valence-electron chi connectivity index (χ1n) is 11.0. The number of hydrogen-bond donors (Lipinski definition) is 0. The molecule has 0 aromatic carbocycles. The second-order valence-electron chi connectivity index (χ2n) is 8.57. The van der Waals surface area contributed by atoms with Crippen molar-refractivity contribution in [2.75, 3.05) is 0 Å². The van der Waals surface area contributed by atoms with Crippen LogP contribution < -0.4 is 0 Å². The van der Waals surface area contributed by atoms with Gasteiger partial charge < -0.3 is 0 Å². The summed E-state index contributed by atoms with van der Waals surface area (Å²) in [6.45, 7) is 14.4. The van der Waals surface area contributed by atoms with Gasteiger partial charge in [0.1, 0.15) is 11.6 Å². The van der Waals surface area contributed by atoms with E-state index in [9.17, 15) is 8.78 Å². The predicted molar refractivity (Wildman–Crippen MR) is 136 cm³/mol. The molecule has 2 aromatic rings. The van der Waals surface area contributed by atoms with Crippen LogP contribution in [0.15, 0.2) is 114 Å². The van der Waals surface area contributed by atoms with Crippen molar-refractivity contribution in [3.63, 3.8) is 0 Å². The third-order valence-corrected chi connectivity index (χ3v) is 6.27. The quantitative estimate of drug-likeness (QED) is 0.473. The summed E-state index contributed by atoms with van der Waals surface area (Å²) in [5, 5.41) is 0. The van der Waals surface area contributed by atoms with Crippen LogP contribution in [0, 0.1) is 18.6 Å². The van der Waals surface area contributed by atoms with Gasteiger partial charge in [-0.1, -0.05) is 43.5 Å². The Morgan fingerprint density at radius 2 is 1.50 bits per heavy atom. The number of halogens is 2. The summed E-state index contributed by atoms with van der Waals surface area (Å²) in [6, 6.07) is 3.08. The van der Waals surface area contributed by atoms with Crippen LogP contribution in [0.4, 0.5) is 8.78 Å². The minimum atomic E-state index is -0.367. The summed E-state index contributed by atoms with van der Waals surface area (Å²) in [5.74, 6) is -0.695. The molecule has 2 aromatic heterocycles. The molecule has 0 aliphatic heterocycles. The minimum Gasteiger partial charge on any atom is -0.261 e. The molecule has 0 saturated carbocycles. The number of pyridine rings is 2. The van der Waals surface area contributed by atoms with Gasteiger partial charge in [-0.3, -0.25) is 9.97 Å². The standard InChI is InChI=1S/C30H26F2N2/c1-18-6-7-24(28-16-33-17-29(32)22(28)5)14-26(20(18)3)13-23-8-9-25(12-19(2)21(23)4)30-11-10-27(31)15-34-30/h6-12,14-17H,3-4,13H2,1-2,5H3. The van der Waals surface area contributed by atoms with Crippen molar-refractivity contribution in [1.82, 2.24) is 9.97 Å². The van der Waals surface area contributed by atoms with Crippen molar-refractivity contribution in [2.24, 2.45) is 0 Å². The molecule has 0 amide bonds. The van der Waals surface area contributed by atoms with Crippen LogP contribution >= 0.6 is 0 Å². The highest BCUT2D eigenvalue weighted by Gasteiger charge is 2.17. The van der Waals surface area contributed by atoms with Crippen molar-refractivity contribution in [1.29, 1.82) is 0 Å². The van der Waals surface area contributed by atoms with Crippen molar-refractivity contribution in [3.05, 3.63) is 142 Å². The Morgan fingerprint density at radius 1 is 0.765 bits per heavy atom. The normalized spacial score (nSPS) is 16.5. The predicted octanol–water partition coefficient (Wildman–Crippen LogP) is 7.81. The second-order valence-corrected chi connectivity index (χ2v) is 8.57. The summed E-state index contributed by atoms with van der Waals surface area (Å²) in [5.41, 5.74) is 9.76. The SMILES string of the molecule is C=C1C(C)=CC(c2ccc(F)cn2)=CC=C1CC1=CC(c2cncc(F)c2C)=CC=C(C)C1=C. The highest BCUT2D eigenvalue weighted by Crippen LogP contribution is 2.36. The molecule has 2 nitrogen and oxygen atoms in total. The van der Waals surface area contributed by atoms with Crippen LogP contribution in [-0.2, 0) is 0 Å². The zero-order chi connectivity index (χ0) is 24.4. The van der Waals surface area contributed by atoms with E-state index in [1.807, 2.05) is 44.2 Å².